The molecule has 1 aromatic heterocycles. The van der Waals surface area contributed by atoms with Crippen molar-refractivity contribution in [3.05, 3.63) is 95.3 Å². The zero-order chi connectivity index (χ0) is 17.9. The first-order valence-electron chi connectivity index (χ1n) is 9.36. The predicted octanol–water partition coefficient (Wildman–Crippen LogP) is 3.90. The molecular weight excluding hydrogens is 320 g/mol. The summed E-state index contributed by atoms with van der Waals surface area (Å²) >= 11 is 0. The number of nitrogens with zero attached hydrogens (tertiary/aromatic N) is 2. The van der Waals surface area contributed by atoms with Crippen LogP contribution in [0.15, 0.2) is 72.9 Å². The summed E-state index contributed by atoms with van der Waals surface area (Å²) in [6, 6.07) is 23.7. The van der Waals surface area contributed by atoms with Gasteiger partial charge in [0.15, 0.2) is 0 Å². The highest BCUT2D eigenvalue weighted by atomic mass is 16.3. The van der Waals surface area contributed by atoms with Crippen molar-refractivity contribution in [2.45, 2.75) is 24.9 Å². The fourth-order valence-corrected chi connectivity index (χ4v) is 4.29. The van der Waals surface area contributed by atoms with Gasteiger partial charge in [-0.15, -0.1) is 0 Å². The summed E-state index contributed by atoms with van der Waals surface area (Å²) in [7, 11) is 2.10. The van der Waals surface area contributed by atoms with Crippen LogP contribution in [-0.2, 0) is 20.0 Å². The van der Waals surface area contributed by atoms with E-state index < -0.39 is 0 Å². The van der Waals surface area contributed by atoms with E-state index in [-0.39, 0.29) is 18.6 Å². The van der Waals surface area contributed by atoms with Gasteiger partial charge in [0.05, 0.1) is 12.6 Å². The molecule has 3 nitrogen and oxygen atoms in total. The van der Waals surface area contributed by atoms with Crippen molar-refractivity contribution in [2.75, 3.05) is 13.2 Å². The third-order valence-electron chi connectivity index (χ3n) is 5.62. The normalized spacial score (nSPS) is 20.1. The molecule has 2 heterocycles. The molecule has 26 heavy (non-hydrogen) atoms. The lowest BCUT2D eigenvalue weighted by Crippen LogP contribution is -2.40. The Balaban J connectivity index is 1.69. The van der Waals surface area contributed by atoms with Gasteiger partial charge in [-0.1, -0.05) is 54.6 Å². The van der Waals surface area contributed by atoms with E-state index in [2.05, 4.69) is 89.4 Å². The first kappa shape index (κ1) is 17.1. The van der Waals surface area contributed by atoms with Gasteiger partial charge in [0.1, 0.15) is 0 Å². The lowest BCUT2D eigenvalue weighted by molar-refractivity contribution is 0.107. The SMILES string of the molecule is Cn1cccc1[C@@H]1[C@@H](CO)c2ccccc2CN1CCc1ccccc1. The Morgan fingerprint density at radius 1 is 0.962 bits per heavy atom. The summed E-state index contributed by atoms with van der Waals surface area (Å²) in [6.07, 6.45) is 3.11. The second-order valence-corrected chi connectivity index (χ2v) is 7.18. The van der Waals surface area contributed by atoms with Crippen molar-refractivity contribution in [1.29, 1.82) is 0 Å². The van der Waals surface area contributed by atoms with Crippen molar-refractivity contribution in [3.8, 4) is 0 Å². The molecule has 4 rings (SSSR count). The Morgan fingerprint density at radius 2 is 1.73 bits per heavy atom. The number of hydrogen-bond acceptors (Lipinski definition) is 2. The van der Waals surface area contributed by atoms with Gasteiger partial charge in [0.25, 0.3) is 0 Å². The second kappa shape index (κ2) is 7.48. The van der Waals surface area contributed by atoms with Crippen LogP contribution >= 0.6 is 0 Å². The average Bonchev–Trinajstić information content (AvgIpc) is 3.11. The van der Waals surface area contributed by atoms with Crippen molar-refractivity contribution in [2.24, 2.45) is 7.05 Å². The molecule has 3 heteroatoms. The first-order valence-corrected chi connectivity index (χ1v) is 9.36. The van der Waals surface area contributed by atoms with E-state index in [4.69, 9.17) is 0 Å². The van der Waals surface area contributed by atoms with Crippen LogP contribution in [0.5, 0.6) is 0 Å². The third-order valence-corrected chi connectivity index (χ3v) is 5.62. The molecule has 1 aliphatic heterocycles. The standard InChI is InChI=1S/C23H26N2O/c1-24-14-7-12-22(24)23-21(17-26)20-11-6-5-10-19(20)16-25(23)15-13-18-8-3-2-4-9-18/h2-12,14,21,23,26H,13,15-17H2,1H3/t21-,23-/m0/s1. The number of aromatic nitrogens is 1. The molecule has 2 aromatic carbocycles. The van der Waals surface area contributed by atoms with Gasteiger partial charge >= 0.3 is 0 Å². The van der Waals surface area contributed by atoms with Gasteiger partial charge < -0.3 is 9.67 Å². The minimum Gasteiger partial charge on any atom is -0.396 e. The highest BCUT2D eigenvalue weighted by Gasteiger charge is 2.36. The van der Waals surface area contributed by atoms with E-state index in [1.54, 1.807) is 0 Å². The molecule has 1 N–H and O–H groups in total. The molecule has 1 aliphatic rings. The molecule has 0 bridgehead atoms. The molecule has 0 saturated heterocycles. The van der Waals surface area contributed by atoms with Gasteiger partial charge in [0.2, 0.25) is 0 Å². The maximum atomic E-state index is 10.3. The zero-order valence-electron chi connectivity index (χ0n) is 15.3. The Kier molecular flexibility index (Phi) is 4.91. The summed E-state index contributed by atoms with van der Waals surface area (Å²) in [6.45, 7) is 2.06. The van der Waals surface area contributed by atoms with E-state index in [1.807, 2.05) is 0 Å². The summed E-state index contributed by atoms with van der Waals surface area (Å²) in [5.41, 5.74) is 5.26. The lowest BCUT2D eigenvalue weighted by atomic mass is 9.82. The number of rotatable bonds is 5. The summed E-state index contributed by atoms with van der Waals surface area (Å²) < 4.78 is 2.19. The summed E-state index contributed by atoms with van der Waals surface area (Å²) in [5, 5.41) is 10.3. The number of aliphatic hydroxyl groups is 1. The minimum absolute atomic E-state index is 0.101. The van der Waals surface area contributed by atoms with Crippen LogP contribution in [0.25, 0.3) is 0 Å². The first-order chi connectivity index (χ1) is 12.8. The van der Waals surface area contributed by atoms with Crippen LogP contribution in [0.2, 0.25) is 0 Å². The van der Waals surface area contributed by atoms with Gasteiger partial charge in [0, 0.05) is 37.9 Å². The van der Waals surface area contributed by atoms with Crippen LogP contribution in [-0.4, -0.2) is 27.7 Å². The number of benzene rings is 2. The minimum atomic E-state index is 0.101. The fourth-order valence-electron chi connectivity index (χ4n) is 4.29. The number of aryl methyl sites for hydroxylation is 1. The summed E-state index contributed by atoms with van der Waals surface area (Å²) in [5.74, 6) is 0.101. The summed E-state index contributed by atoms with van der Waals surface area (Å²) in [4.78, 5) is 2.53. The zero-order valence-corrected chi connectivity index (χ0v) is 15.3. The molecule has 3 aromatic rings. The van der Waals surface area contributed by atoms with Gasteiger partial charge in [-0.25, -0.2) is 0 Å². The molecule has 0 fully saturated rings. The van der Waals surface area contributed by atoms with Crippen LogP contribution in [0, 0.1) is 0 Å². The molecule has 0 saturated carbocycles. The largest absolute Gasteiger partial charge is 0.396 e. The molecule has 0 amide bonds. The van der Waals surface area contributed by atoms with Gasteiger partial charge in [-0.05, 0) is 35.2 Å². The third kappa shape index (κ3) is 3.20. The van der Waals surface area contributed by atoms with Gasteiger partial charge in [-0.2, -0.15) is 0 Å². The van der Waals surface area contributed by atoms with E-state index >= 15 is 0 Å². The van der Waals surface area contributed by atoms with Gasteiger partial charge in [-0.3, -0.25) is 4.90 Å². The Bertz CT molecular complexity index is 855. The number of hydrogen-bond donors (Lipinski definition) is 1. The molecule has 0 radical (unpaired) electrons. The van der Waals surface area contributed by atoms with E-state index in [1.165, 1.54) is 22.4 Å². The average molecular weight is 346 g/mol. The molecule has 0 aliphatic carbocycles. The van der Waals surface area contributed by atoms with Crippen molar-refractivity contribution in [3.63, 3.8) is 0 Å². The Labute approximate surface area is 155 Å². The smallest absolute Gasteiger partial charge is 0.0594 e. The molecule has 0 unspecified atom stereocenters. The monoisotopic (exact) mass is 346 g/mol. The van der Waals surface area contributed by atoms with Crippen molar-refractivity contribution >= 4 is 0 Å². The fraction of sp³-hybridized carbons (Fsp3) is 0.304. The Hall–Kier alpha value is -2.36. The maximum absolute atomic E-state index is 10.3. The topological polar surface area (TPSA) is 28.4 Å². The van der Waals surface area contributed by atoms with Crippen LogP contribution in [0.4, 0.5) is 0 Å². The predicted molar refractivity (Wildman–Crippen MR) is 105 cm³/mol. The highest BCUT2D eigenvalue weighted by Crippen LogP contribution is 2.42. The molecular formula is C23H26N2O. The quantitative estimate of drug-likeness (QED) is 0.759. The van der Waals surface area contributed by atoms with Crippen LogP contribution in [0.1, 0.15) is 34.3 Å². The van der Waals surface area contributed by atoms with Crippen LogP contribution < -0.4 is 0 Å². The lowest BCUT2D eigenvalue weighted by Gasteiger charge is -2.42. The molecule has 134 valence electrons. The van der Waals surface area contributed by atoms with E-state index in [9.17, 15) is 5.11 Å². The Morgan fingerprint density at radius 3 is 2.46 bits per heavy atom. The number of fused-ring (bicyclic) bond motifs is 1. The van der Waals surface area contributed by atoms with Crippen molar-refractivity contribution < 1.29 is 5.11 Å². The number of aliphatic hydroxyl groups excluding tert-OH is 1. The second-order valence-electron chi connectivity index (χ2n) is 7.18. The molecule has 2 atom stereocenters. The van der Waals surface area contributed by atoms with Crippen LogP contribution in [0.3, 0.4) is 0 Å². The van der Waals surface area contributed by atoms with E-state index in [0.717, 1.165) is 19.5 Å². The highest BCUT2D eigenvalue weighted by molar-refractivity contribution is 5.36. The molecule has 0 spiro atoms. The van der Waals surface area contributed by atoms with Crippen molar-refractivity contribution in [1.82, 2.24) is 9.47 Å². The van der Waals surface area contributed by atoms with E-state index in [0.29, 0.717) is 0 Å². The maximum Gasteiger partial charge on any atom is 0.0594 e.